The second kappa shape index (κ2) is 8.55. The van der Waals surface area contributed by atoms with Gasteiger partial charge in [-0.25, -0.2) is 4.79 Å². The third-order valence-electron chi connectivity index (χ3n) is 3.38. The highest BCUT2D eigenvalue weighted by Crippen LogP contribution is 2.22. The fraction of sp³-hybridized carbons (Fsp3) is 0.0556. The number of anilines is 2. The van der Waals surface area contributed by atoms with Crippen molar-refractivity contribution in [3.63, 3.8) is 0 Å². The number of amides is 1. The van der Waals surface area contributed by atoms with Gasteiger partial charge in [0.15, 0.2) is 0 Å². The first kappa shape index (κ1) is 18.8. The Hall–Kier alpha value is -3.50. The first-order valence-electron chi connectivity index (χ1n) is 7.43. The average molecular weight is 371 g/mol. The lowest BCUT2D eigenvalue weighted by Crippen LogP contribution is -2.16. The van der Waals surface area contributed by atoms with Crippen molar-refractivity contribution in [1.82, 2.24) is 5.32 Å². The van der Waals surface area contributed by atoms with Crippen molar-refractivity contribution < 1.29 is 14.7 Å². The van der Waals surface area contributed by atoms with E-state index in [9.17, 15) is 9.59 Å². The van der Waals surface area contributed by atoms with E-state index in [2.05, 4.69) is 10.6 Å². The van der Waals surface area contributed by atoms with Crippen LogP contribution in [0.3, 0.4) is 0 Å². The topological polar surface area (TPSA) is 128 Å². The number of nitrogens with zero attached hydrogens (tertiary/aromatic N) is 1. The van der Waals surface area contributed by atoms with Crippen molar-refractivity contribution in [3.05, 3.63) is 70.4 Å². The van der Waals surface area contributed by atoms with Gasteiger partial charge in [0.05, 0.1) is 16.3 Å². The van der Waals surface area contributed by atoms with Gasteiger partial charge in [0.2, 0.25) is 0 Å². The standard InChI is InChI=1S/C18H15ClN4O3/c19-15-7-14(5-6-16(15)21)23-17(24)13(8-20)10-22-9-11-1-3-12(4-2-11)18(25)26/h1-7,10,22H,9,21H2,(H,23,24)(H,25,26)/b13-10-. The molecule has 132 valence electrons. The van der Waals surface area contributed by atoms with Gasteiger partial charge >= 0.3 is 5.97 Å². The smallest absolute Gasteiger partial charge is 0.335 e. The van der Waals surface area contributed by atoms with Crippen LogP contribution in [0.15, 0.2) is 54.2 Å². The third kappa shape index (κ3) is 5.00. The molecule has 5 N–H and O–H groups in total. The van der Waals surface area contributed by atoms with Crippen molar-refractivity contribution in [2.24, 2.45) is 0 Å². The number of carbonyl (C=O) groups is 2. The second-order valence-corrected chi connectivity index (χ2v) is 5.65. The number of nitrogen functional groups attached to an aromatic ring is 1. The molecule has 0 atom stereocenters. The number of nitriles is 1. The molecular formula is C18H15ClN4O3. The summed E-state index contributed by atoms with van der Waals surface area (Å²) in [6.45, 7) is 0.325. The van der Waals surface area contributed by atoms with Crippen molar-refractivity contribution >= 4 is 34.9 Å². The van der Waals surface area contributed by atoms with Crippen LogP contribution in [-0.4, -0.2) is 17.0 Å². The first-order valence-corrected chi connectivity index (χ1v) is 7.80. The highest BCUT2D eigenvalue weighted by molar-refractivity contribution is 6.33. The van der Waals surface area contributed by atoms with Gasteiger partial charge in [-0.3, -0.25) is 4.79 Å². The summed E-state index contributed by atoms with van der Waals surface area (Å²) in [4.78, 5) is 22.9. The molecule has 0 saturated carbocycles. The molecule has 2 aromatic carbocycles. The molecule has 2 aromatic rings. The molecule has 0 fully saturated rings. The summed E-state index contributed by atoms with van der Waals surface area (Å²) in [6, 6.07) is 12.7. The van der Waals surface area contributed by atoms with Crippen LogP contribution in [0.1, 0.15) is 15.9 Å². The van der Waals surface area contributed by atoms with E-state index < -0.39 is 11.9 Å². The minimum atomic E-state index is -1.00. The fourth-order valence-corrected chi connectivity index (χ4v) is 2.17. The van der Waals surface area contributed by atoms with E-state index in [0.717, 1.165) is 5.56 Å². The predicted molar refractivity (Wildman–Crippen MR) is 98.4 cm³/mol. The molecule has 1 amide bonds. The Kier molecular flexibility index (Phi) is 6.20. The van der Waals surface area contributed by atoms with Gasteiger partial charge < -0.3 is 21.5 Å². The number of halogens is 1. The lowest BCUT2D eigenvalue weighted by molar-refractivity contribution is -0.112. The minimum Gasteiger partial charge on any atom is -0.478 e. The molecule has 2 rings (SSSR count). The zero-order valence-electron chi connectivity index (χ0n) is 13.5. The largest absolute Gasteiger partial charge is 0.478 e. The summed E-state index contributed by atoms with van der Waals surface area (Å²) >= 11 is 5.89. The van der Waals surface area contributed by atoms with Crippen LogP contribution in [0, 0.1) is 11.3 Å². The Labute approximate surface area is 154 Å². The number of aromatic carboxylic acids is 1. The molecule has 0 aromatic heterocycles. The lowest BCUT2D eigenvalue weighted by Gasteiger charge is -2.07. The number of carboxylic acid groups (broad SMARTS) is 1. The van der Waals surface area contributed by atoms with Gasteiger partial charge in [-0.2, -0.15) is 5.26 Å². The number of nitrogens with two attached hydrogens (primary N) is 1. The van der Waals surface area contributed by atoms with Crippen LogP contribution in [0.5, 0.6) is 0 Å². The Morgan fingerprint density at radius 1 is 1.23 bits per heavy atom. The van der Waals surface area contributed by atoms with E-state index in [4.69, 9.17) is 27.7 Å². The van der Waals surface area contributed by atoms with Gasteiger partial charge in [0.25, 0.3) is 5.91 Å². The van der Waals surface area contributed by atoms with E-state index in [0.29, 0.717) is 22.9 Å². The summed E-state index contributed by atoms with van der Waals surface area (Å²) in [6.07, 6.45) is 1.29. The maximum Gasteiger partial charge on any atom is 0.335 e. The van der Waals surface area contributed by atoms with E-state index >= 15 is 0 Å². The first-order chi connectivity index (χ1) is 12.4. The highest BCUT2D eigenvalue weighted by atomic mass is 35.5. The molecule has 8 heteroatoms. The molecule has 26 heavy (non-hydrogen) atoms. The quantitative estimate of drug-likeness (QED) is 0.351. The van der Waals surface area contributed by atoms with Gasteiger partial charge in [0, 0.05) is 18.4 Å². The van der Waals surface area contributed by atoms with Crippen LogP contribution in [0.2, 0.25) is 5.02 Å². The van der Waals surface area contributed by atoms with Crippen LogP contribution in [0.4, 0.5) is 11.4 Å². The maximum absolute atomic E-state index is 12.1. The van der Waals surface area contributed by atoms with Gasteiger partial charge in [0.1, 0.15) is 11.6 Å². The fourth-order valence-electron chi connectivity index (χ4n) is 1.99. The Morgan fingerprint density at radius 2 is 1.92 bits per heavy atom. The zero-order valence-corrected chi connectivity index (χ0v) is 14.2. The van der Waals surface area contributed by atoms with Gasteiger partial charge in [-0.05, 0) is 35.9 Å². The van der Waals surface area contributed by atoms with Crippen molar-refractivity contribution in [2.45, 2.75) is 6.54 Å². The average Bonchev–Trinajstić information content (AvgIpc) is 2.62. The van der Waals surface area contributed by atoms with Crippen LogP contribution >= 0.6 is 11.6 Å². The van der Waals surface area contributed by atoms with E-state index in [1.54, 1.807) is 24.3 Å². The van der Waals surface area contributed by atoms with Gasteiger partial charge in [-0.15, -0.1) is 0 Å². The van der Waals surface area contributed by atoms with Gasteiger partial charge in [-0.1, -0.05) is 23.7 Å². The molecule has 0 aliphatic rings. The SMILES string of the molecule is N#C/C(=C/NCc1ccc(C(=O)O)cc1)C(=O)Nc1ccc(N)c(Cl)c1. The summed E-state index contributed by atoms with van der Waals surface area (Å²) in [7, 11) is 0. The second-order valence-electron chi connectivity index (χ2n) is 5.24. The molecule has 0 heterocycles. The molecule has 0 spiro atoms. The molecular weight excluding hydrogens is 356 g/mol. The van der Waals surface area contributed by atoms with Crippen molar-refractivity contribution in [1.29, 1.82) is 5.26 Å². The Bertz CT molecular complexity index is 902. The molecule has 0 unspecified atom stereocenters. The number of hydrogen-bond donors (Lipinski definition) is 4. The van der Waals surface area contributed by atoms with E-state index in [1.807, 2.05) is 6.07 Å². The van der Waals surface area contributed by atoms with Crippen molar-refractivity contribution in [2.75, 3.05) is 11.1 Å². The molecule has 0 radical (unpaired) electrons. The highest BCUT2D eigenvalue weighted by Gasteiger charge is 2.10. The Balaban J connectivity index is 1.98. The van der Waals surface area contributed by atoms with Crippen LogP contribution < -0.4 is 16.4 Å². The number of hydrogen-bond acceptors (Lipinski definition) is 5. The van der Waals surface area contributed by atoms with Crippen molar-refractivity contribution in [3.8, 4) is 6.07 Å². The van der Waals surface area contributed by atoms with Crippen LogP contribution in [-0.2, 0) is 11.3 Å². The number of rotatable bonds is 6. The predicted octanol–water partition coefficient (Wildman–Crippen LogP) is 2.76. The molecule has 0 bridgehead atoms. The third-order valence-corrected chi connectivity index (χ3v) is 3.70. The number of carbonyl (C=O) groups excluding carboxylic acids is 1. The summed E-state index contributed by atoms with van der Waals surface area (Å²) in [5.41, 5.74) is 7.26. The lowest BCUT2D eigenvalue weighted by atomic mass is 10.1. The summed E-state index contributed by atoms with van der Waals surface area (Å²) < 4.78 is 0. The van der Waals surface area contributed by atoms with Crippen LogP contribution in [0.25, 0.3) is 0 Å². The number of carboxylic acids is 1. The number of benzene rings is 2. The summed E-state index contributed by atoms with van der Waals surface area (Å²) in [5, 5.41) is 23.7. The van der Waals surface area contributed by atoms with E-state index in [-0.39, 0.29) is 11.1 Å². The minimum absolute atomic E-state index is 0.125. The monoisotopic (exact) mass is 370 g/mol. The Morgan fingerprint density at radius 3 is 2.50 bits per heavy atom. The maximum atomic E-state index is 12.1. The summed E-state index contributed by atoms with van der Waals surface area (Å²) in [5.74, 6) is -1.60. The molecule has 0 aliphatic carbocycles. The number of nitrogens with one attached hydrogen (secondary N) is 2. The zero-order chi connectivity index (χ0) is 19.1. The van der Waals surface area contributed by atoms with E-state index in [1.165, 1.54) is 24.4 Å². The molecule has 7 nitrogen and oxygen atoms in total. The molecule has 0 aliphatic heterocycles. The molecule has 0 saturated heterocycles. The normalized spacial score (nSPS) is 10.7.